The third-order valence-electron chi connectivity index (χ3n) is 3.92. The van der Waals surface area contributed by atoms with Crippen LogP contribution in [-0.2, 0) is 14.2 Å². The molecule has 1 amide bonds. The summed E-state index contributed by atoms with van der Waals surface area (Å²) in [7, 11) is 1.70. The van der Waals surface area contributed by atoms with E-state index in [0.29, 0.717) is 19.8 Å². The van der Waals surface area contributed by atoms with Crippen LogP contribution >= 0.6 is 0 Å². The molecule has 6 nitrogen and oxygen atoms in total. The fourth-order valence-electron chi connectivity index (χ4n) is 2.33. The zero-order valence-corrected chi connectivity index (χ0v) is 14.8. The Hall–Kier alpha value is -0.850. The van der Waals surface area contributed by atoms with E-state index in [1.165, 1.54) is 0 Å². The van der Waals surface area contributed by atoms with Crippen LogP contribution in [0.5, 0.6) is 0 Å². The van der Waals surface area contributed by atoms with Gasteiger partial charge < -0.3 is 19.9 Å². The molecule has 0 aromatic rings. The highest BCUT2D eigenvalue weighted by Gasteiger charge is 2.35. The van der Waals surface area contributed by atoms with Gasteiger partial charge in [-0.1, -0.05) is 0 Å². The summed E-state index contributed by atoms with van der Waals surface area (Å²) in [5.41, 5.74) is 5.59. The molecule has 0 saturated carbocycles. The van der Waals surface area contributed by atoms with E-state index in [4.69, 9.17) is 19.9 Å². The van der Waals surface area contributed by atoms with Gasteiger partial charge in [0.25, 0.3) is 0 Å². The first-order chi connectivity index (χ1) is 10.1. The molecule has 0 radical (unpaired) electrons. The van der Waals surface area contributed by atoms with E-state index in [2.05, 4.69) is 0 Å². The van der Waals surface area contributed by atoms with Crippen LogP contribution in [-0.4, -0.2) is 61.1 Å². The molecule has 0 aromatic carbocycles. The van der Waals surface area contributed by atoms with E-state index in [1.807, 2.05) is 34.6 Å². The highest BCUT2D eigenvalue weighted by molar-refractivity contribution is 5.68. The largest absolute Gasteiger partial charge is 0.444 e. The monoisotopic (exact) mass is 316 g/mol. The minimum Gasteiger partial charge on any atom is -0.444 e. The Labute approximate surface area is 134 Å². The number of hydrogen-bond acceptors (Lipinski definition) is 5. The molecule has 6 heteroatoms. The first kappa shape index (κ1) is 19.2. The van der Waals surface area contributed by atoms with Crippen molar-refractivity contribution in [3.8, 4) is 0 Å². The van der Waals surface area contributed by atoms with Crippen LogP contribution < -0.4 is 5.73 Å². The first-order valence-electron chi connectivity index (χ1n) is 7.94. The van der Waals surface area contributed by atoms with Gasteiger partial charge in [0.2, 0.25) is 0 Å². The van der Waals surface area contributed by atoms with Crippen molar-refractivity contribution in [1.82, 2.24) is 4.90 Å². The molecule has 2 atom stereocenters. The molecule has 1 aliphatic heterocycles. The lowest BCUT2D eigenvalue weighted by atomic mass is 9.95. The van der Waals surface area contributed by atoms with E-state index in [-0.39, 0.29) is 23.8 Å². The molecule has 130 valence electrons. The van der Waals surface area contributed by atoms with Crippen molar-refractivity contribution in [3.05, 3.63) is 0 Å². The van der Waals surface area contributed by atoms with Crippen molar-refractivity contribution in [2.24, 2.45) is 5.73 Å². The van der Waals surface area contributed by atoms with Crippen molar-refractivity contribution in [1.29, 1.82) is 0 Å². The van der Waals surface area contributed by atoms with Crippen molar-refractivity contribution in [2.45, 2.75) is 70.7 Å². The second-order valence-corrected chi connectivity index (χ2v) is 7.48. The molecule has 1 saturated heterocycles. The van der Waals surface area contributed by atoms with Crippen molar-refractivity contribution in [2.75, 3.05) is 26.9 Å². The number of amides is 1. The van der Waals surface area contributed by atoms with Crippen LogP contribution in [0.15, 0.2) is 0 Å². The number of methoxy groups -OCH3 is 1. The smallest absolute Gasteiger partial charge is 0.410 e. The van der Waals surface area contributed by atoms with Gasteiger partial charge in [0, 0.05) is 19.7 Å². The van der Waals surface area contributed by atoms with Crippen molar-refractivity contribution >= 4 is 6.09 Å². The average molecular weight is 316 g/mol. The molecule has 0 spiro atoms. The zero-order valence-electron chi connectivity index (χ0n) is 14.8. The standard InChI is InChI=1S/C16H32N2O4/c1-15(2,3)22-14(19)18-9-10-21-11-13(18)12(17)7-8-16(4,5)20-6/h12-13H,7-11,17H2,1-6H3. The highest BCUT2D eigenvalue weighted by atomic mass is 16.6. The third kappa shape index (κ3) is 6.10. The van der Waals surface area contributed by atoms with Crippen LogP contribution in [0.2, 0.25) is 0 Å². The molecule has 22 heavy (non-hydrogen) atoms. The highest BCUT2D eigenvalue weighted by Crippen LogP contribution is 2.21. The van der Waals surface area contributed by atoms with Gasteiger partial charge in [-0.15, -0.1) is 0 Å². The lowest BCUT2D eigenvalue weighted by Gasteiger charge is -2.40. The van der Waals surface area contributed by atoms with E-state index in [9.17, 15) is 4.79 Å². The number of nitrogens with zero attached hydrogens (tertiary/aromatic N) is 1. The van der Waals surface area contributed by atoms with Gasteiger partial charge in [-0.25, -0.2) is 4.79 Å². The van der Waals surface area contributed by atoms with E-state index in [1.54, 1.807) is 12.0 Å². The summed E-state index contributed by atoms with van der Waals surface area (Å²) < 4.78 is 16.4. The number of hydrogen-bond donors (Lipinski definition) is 1. The predicted molar refractivity (Wildman–Crippen MR) is 85.8 cm³/mol. The Morgan fingerprint density at radius 3 is 2.55 bits per heavy atom. The summed E-state index contributed by atoms with van der Waals surface area (Å²) in [6.45, 7) is 11.1. The maximum absolute atomic E-state index is 12.4. The van der Waals surface area contributed by atoms with Gasteiger partial charge in [-0.2, -0.15) is 0 Å². The SMILES string of the molecule is COC(C)(C)CCC(N)C1COCCN1C(=O)OC(C)(C)C. The molecule has 2 N–H and O–H groups in total. The van der Waals surface area contributed by atoms with Crippen LogP contribution in [0.3, 0.4) is 0 Å². The van der Waals surface area contributed by atoms with Crippen molar-refractivity contribution < 1.29 is 19.0 Å². The fourth-order valence-corrected chi connectivity index (χ4v) is 2.33. The molecule has 1 fully saturated rings. The minimum absolute atomic E-state index is 0.156. The molecular formula is C16H32N2O4. The normalized spacial score (nSPS) is 21.6. The summed E-state index contributed by atoms with van der Waals surface area (Å²) in [6.07, 6.45) is 1.26. The molecule has 1 rings (SSSR count). The summed E-state index contributed by atoms with van der Waals surface area (Å²) in [6, 6.07) is -0.321. The van der Waals surface area contributed by atoms with E-state index in [0.717, 1.165) is 12.8 Å². The average Bonchev–Trinajstić information content (AvgIpc) is 2.43. The zero-order chi connectivity index (χ0) is 17.0. The number of rotatable bonds is 5. The second kappa shape index (κ2) is 7.62. The molecule has 1 heterocycles. The van der Waals surface area contributed by atoms with Crippen LogP contribution in [0.4, 0.5) is 4.79 Å². The summed E-state index contributed by atoms with van der Waals surface area (Å²) in [4.78, 5) is 14.1. The number of nitrogens with two attached hydrogens (primary N) is 1. The van der Waals surface area contributed by atoms with Crippen molar-refractivity contribution in [3.63, 3.8) is 0 Å². The van der Waals surface area contributed by atoms with Crippen LogP contribution in [0, 0.1) is 0 Å². The van der Waals surface area contributed by atoms with Gasteiger partial charge in [-0.05, 0) is 47.5 Å². The maximum Gasteiger partial charge on any atom is 0.410 e. The first-order valence-corrected chi connectivity index (χ1v) is 7.94. The second-order valence-electron chi connectivity index (χ2n) is 7.48. The van der Waals surface area contributed by atoms with Crippen LogP contribution in [0.25, 0.3) is 0 Å². The van der Waals surface area contributed by atoms with Gasteiger partial charge in [0.15, 0.2) is 0 Å². The number of ether oxygens (including phenoxy) is 3. The topological polar surface area (TPSA) is 74.0 Å². The Morgan fingerprint density at radius 1 is 1.36 bits per heavy atom. The van der Waals surface area contributed by atoms with Gasteiger partial charge in [0.1, 0.15) is 5.60 Å². The summed E-state index contributed by atoms with van der Waals surface area (Å²) >= 11 is 0. The summed E-state index contributed by atoms with van der Waals surface area (Å²) in [5, 5.41) is 0. The third-order valence-corrected chi connectivity index (χ3v) is 3.92. The molecule has 1 aliphatic rings. The quantitative estimate of drug-likeness (QED) is 0.841. The molecular weight excluding hydrogens is 284 g/mol. The molecule has 0 aliphatic carbocycles. The Morgan fingerprint density at radius 2 is 2.00 bits per heavy atom. The Balaban J connectivity index is 2.66. The molecule has 0 bridgehead atoms. The van der Waals surface area contributed by atoms with Gasteiger partial charge in [0.05, 0.1) is 24.9 Å². The maximum atomic E-state index is 12.4. The lowest BCUT2D eigenvalue weighted by Crippen LogP contribution is -2.57. The molecule has 0 aromatic heterocycles. The van der Waals surface area contributed by atoms with E-state index < -0.39 is 5.60 Å². The number of carbonyl (C=O) groups excluding carboxylic acids is 1. The Kier molecular flexibility index (Phi) is 6.65. The number of morpholine rings is 1. The van der Waals surface area contributed by atoms with E-state index >= 15 is 0 Å². The fraction of sp³-hybridized carbons (Fsp3) is 0.938. The van der Waals surface area contributed by atoms with Gasteiger partial charge >= 0.3 is 6.09 Å². The molecule has 2 unspecified atom stereocenters. The minimum atomic E-state index is -0.512. The van der Waals surface area contributed by atoms with Gasteiger partial charge in [-0.3, -0.25) is 4.90 Å². The predicted octanol–water partition coefficient (Wildman–Crippen LogP) is 2.15. The number of carbonyl (C=O) groups is 1. The summed E-state index contributed by atoms with van der Waals surface area (Å²) in [5.74, 6) is 0. The van der Waals surface area contributed by atoms with Crippen LogP contribution in [0.1, 0.15) is 47.5 Å². The Bertz CT molecular complexity index is 366. The lowest BCUT2D eigenvalue weighted by molar-refractivity contribution is -0.0416.